The first-order chi connectivity index (χ1) is 13.1. The van der Waals surface area contributed by atoms with Crippen molar-refractivity contribution < 1.29 is 9.18 Å². The van der Waals surface area contributed by atoms with Gasteiger partial charge in [-0.2, -0.15) is 0 Å². The number of carbonyl (C=O) groups excluding carboxylic acids is 1. The van der Waals surface area contributed by atoms with Gasteiger partial charge in [0.2, 0.25) is 0 Å². The van der Waals surface area contributed by atoms with E-state index in [1.54, 1.807) is 24.7 Å². The molecule has 2 aromatic carbocycles. The van der Waals surface area contributed by atoms with Crippen LogP contribution in [0.3, 0.4) is 0 Å². The fourth-order valence-corrected chi connectivity index (χ4v) is 3.03. The number of nitrogens with one attached hydrogen (secondary N) is 1. The van der Waals surface area contributed by atoms with Crippen molar-refractivity contribution in [1.29, 1.82) is 0 Å². The minimum atomic E-state index is -0.514. The van der Waals surface area contributed by atoms with Crippen molar-refractivity contribution in [3.8, 4) is 11.1 Å². The lowest BCUT2D eigenvalue weighted by atomic mass is 9.98. The van der Waals surface area contributed by atoms with Crippen LogP contribution < -0.4 is 5.32 Å². The van der Waals surface area contributed by atoms with E-state index in [2.05, 4.69) is 24.1 Å². The molecule has 0 aliphatic heterocycles. The number of nitrogens with zero attached hydrogens (tertiary/aromatic N) is 2. The summed E-state index contributed by atoms with van der Waals surface area (Å²) in [5.74, 6) is -0.653. The molecule has 0 spiro atoms. The molecule has 0 aliphatic carbocycles. The minimum absolute atomic E-state index is 0.0635. The largest absolute Gasteiger partial charge is 0.347 e. The first kappa shape index (κ1) is 18.8. The summed E-state index contributed by atoms with van der Waals surface area (Å²) in [5.41, 5.74) is 1.73. The predicted molar refractivity (Wildman–Crippen MR) is 105 cm³/mol. The number of benzene rings is 2. The van der Waals surface area contributed by atoms with Crippen LogP contribution in [0.1, 0.15) is 30.6 Å². The van der Waals surface area contributed by atoms with E-state index < -0.39 is 11.7 Å². The smallest absolute Gasteiger partial charge is 0.254 e. The molecule has 0 bridgehead atoms. The van der Waals surface area contributed by atoms with E-state index in [0.29, 0.717) is 6.54 Å². The zero-order chi connectivity index (χ0) is 19.2. The number of hydrogen-bond donors (Lipinski definition) is 1. The molecule has 0 radical (unpaired) electrons. The molecule has 1 aromatic heterocycles. The second kappa shape index (κ2) is 8.62. The Kier molecular flexibility index (Phi) is 6.01. The van der Waals surface area contributed by atoms with Crippen molar-refractivity contribution in [2.75, 3.05) is 0 Å². The summed E-state index contributed by atoms with van der Waals surface area (Å²) in [4.78, 5) is 16.7. The van der Waals surface area contributed by atoms with Gasteiger partial charge in [-0.1, -0.05) is 56.7 Å². The lowest BCUT2D eigenvalue weighted by Gasteiger charge is -2.25. The highest BCUT2D eigenvalue weighted by atomic mass is 19.1. The van der Waals surface area contributed by atoms with Crippen LogP contribution in [0.5, 0.6) is 0 Å². The van der Waals surface area contributed by atoms with Crippen molar-refractivity contribution in [2.45, 2.75) is 32.9 Å². The Balaban J connectivity index is 1.77. The van der Waals surface area contributed by atoms with Gasteiger partial charge in [0.05, 0.1) is 11.9 Å². The fourth-order valence-electron chi connectivity index (χ4n) is 3.03. The molecule has 1 amide bonds. The predicted octanol–water partition coefficient (Wildman–Crippen LogP) is 4.53. The van der Waals surface area contributed by atoms with Gasteiger partial charge in [-0.15, -0.1) is 0 Å². The van der Waals surface area contributed by atoms with Gasteiger partial charge in [0.1, 0.15) is 5.82 Å². The van der Waals surface area contributed by atoms with Gasteiger partial charge in [0.25, 0.3) is 5.91 Å². The van der Waals surface area contributed by atoms with E-state index in [1.165, 1.54) is 6.07 Å². The van der Waals surface area contributed by atoms with E-state index in [-0.39, 0.29) is 17.5 Å². The topological polar surface area (TPSA) is 46.9 Å². The molecular weight excluding hydrogens is 341 g/mol. The Labute approximate surface area is 159 Å². The second-order valence-corrected chi connectivity index (χ2v) is 6.79. The first-order valence-corrected chi connectivity index (χ1v) is 9.20. The third-order valence-corrected chi connectivity index (χ3v) is 4.93. The van der Waals surface area contributed by atoms with E-state index in [4.69, 9.17) is 0 Å². The first-order valence-electron chi connectivity index (χ1n) is 9.20. The number of halogens is 1. The molecule has 0 fully saturated rings. The molecule has 2 atom stereocenters. The molecule has 0 saturated carbocycles. The SMILES string of the molecule is CC[C@H](C)[C@@H](Cn1ccnc1)NC(=O)c1ccc(-c2ccccc2)cc1F. The summed E-state index contributed by atoms with van der Waals surface area (Å²) in [5, 5.41) is 2.99. The summed E-state index contributed by atoms with van der Waals surface area (Å²) >= 11 is 0. The van der Waals surface area contributed by atoms with E-state index in [1.807, 2.05) is 41.1 Å². The minimum Gasteiger partial charge on any atom is -0.347 e. The summed E-state index contributed by atoms with van der Waals surface area (Å²) < 4.78 is 16.5. The van der Waals surface area contributed by atoms with Crippen LogP contribution >= 0.6 is 0 Å². The summed E-state index contributed by atoms with van der Waals surface area (Å²) in [7, 11) is 0. The molecule has 0 unspecified atom stereocenters. The molecule has 4 nitrogen and oxygen atoms in total. The highest BCUT2D eigenvalue weighted by Gasteiger charge is 2.21. The van der Waals surface area contributed by atoms with Crippen LogP contribution in [-0.2, 0) is 6.54 Å². The van der Waals surface area contributed by atoms with E-state index in [9.17, 15) is 9.18 Å². The van der Waals surface area contributed by atoms with Gasteiger partial charge in [-0.25, -0.2) is 9.37 Å². The van der Waals surface area contributed by atoms with Gasteiger partial charge in [0, 0.05) is 25.0 Å². The van der Waals surface area contributed by atoms with Gasteiger partial charge < -0.3 is 9.88 Å². The molecule has 0 saturated heterocycles. The molecule has 140 valence electrons. The van der Waals surface area contributed by atoms with Crippen LogP contribution in [0, 0.1) is 11.7 Å². The van der Waals surface area contributed by atoms with Crippen molar-refractivity contribution in [2.24, 2.45) is 5.92 Å². The second-order valence-electron chi connectivity index (χ2n) is 6.79. The highest BCUT2D eigenvalue weighted by Crippen LogP contribution is 2.22. The molecule has 3 rings (SSSR count). The van der Waals surface area contributed by atoms with Crippen LogP contribution in [-0.4, -0.2) is 21.5 Å². The van der Waals surface area contributed by atoms with E-state index >= 15 is 0 Å². The Hall–Kier alpha value is -2.95. The van der Waals surface area contributed by atoms with Gasteiger partial charge in [-0.05, 0) is 29.2 Å². The van der Waals surface area contributed by atoms with Crippen LogP contribution in [0.2, 0.25) is 0 Å². The number of amides is 1. The zero-order valence-electron chi connectivity index (χ0n) is 15.6. The van der Waals surface area contributed by atoms with Crippen molar-refractivity contribution in [3.05, 3.63) is 78.6 Å². The molecule has 1 N–H and O–H groups in total. The summed E-state index contributed by atoms with van der Waals surface area (Å²) in [6, 6.07) is 14.2. The van der Waals surface area contributed by atoms with Crippen molar-refractivity contribution in [3.63, 3.8) is 0 Å². The number of carbonyl (C=O) groups is 1. The molecule has 27 heavy (non-hydrogen) atoms. The normalized spacial score (nSPS) is 13.1. The number of rotatable bonds is 7. The Morgan fingerprint density at radius 1 is 1.19 bits per heavy atom. The maximum absolute atomic E-state index is 14.6. The molecule has 1 heterocycles. The van der Waals surface area contributed by atoms with E-state index in [0.717, 1.165) is 17.5 Å². The fraction of sp³-hybridized carbons (Fsp3) is 0.273. The average molecular weight is 365 g/mol. The van der Waals surface area contributed by atoms with Gasteiger partial charge >= 0.3 is 0 Å². The number of aromatic nitrogens is 2. The van der Waals surface area contributed by atoms with Crippen LogP contribution in [0.4, 0.5) is 4.39 Å². The Morgan fingerprint density at radius 3 is 2.59 bits per heavy atom. The Bertz CT molecular complexity index is 878. The summed E-state index contributed by atoms with van der Waals surface area (Å²) in [6.45, 7) is 4.76. The molecule has 0 aliphatic rings. The van der Waals surface area contributed by atoms with Gasteiger partial charge in [0.15, 0.2) is 0 Å². The third kappa shape index (κ3) is 4.61. The molecule has 5 heteroatoms. The van der Waals surface area contributed by atoms with Crippen molar-refractivity contribution in [1.82, 2.24) is 14.9 Å². The number of hydrogen-bond acceptors (Lipinski definition) is 2. The highest BCUT2D eigenvalue weighted by molar-refractivity contribution is 5.95. The zero-order valence-corrected chi connectivity index (χ0v) is 15.6. The van der Waals surface area contributed by atoms with Crippen molar-refractivity contribution >= 4 is 5.91 Å². The molecule has 3 aromatic rings. The Morgan fingerprint density at radius 2 is 1.96 bits per heavy atom. The monoisotopic (exact) mass is 365 g/mol. The van der Waals surface area contributed by atoms with Crippen LogP contribution in [0.15, 0.2) is 67.3 Å². The maximum Gasteiger partial charge on any atom is 0.254 e. The maximum atomic E-state index is 14.6. The molecular formula is C22H24FN3O. The lowest BCUT2D eigenvalue weighted by Crippen LogP contribution is -2.42. The lowest BCUT2D eigenvalue weighted by molar-refractivity contribution is 0.0913. The number of imidazole rings is 1. The standard InChI is InChI=1S/C22H24FN3O/c1-3-16(2)21(14-26-12-11-24-15-26)25-22(27)19-10-9-18(13-20(19)23)17-7-5-4-6-8-17/h4-13,15-16,21H,3,14H2,1-2H3,(H,25,27)/t16-,21+/m0/s1. The van der Waals surface area contributed by atoms with Crippen LogP contribution in [0.25, 0.3) is 11.1 Å². The third-order valence-electron chi connectivity index (χ3n) is 4.93. The quantitative estimate of drug-likeness (QED) is 0.668. The average Bonchev–Trinajstić information content (AvgIpc) is 3.20. The summed E-state index contributed by atoms with van der Waals surface area (Å²) in [6.07, 6.45) is 6.19. The van der Waals surface area contributed by atoms with Gasteiger partial charge in [-0.3, -0.25) is 4.79 Å².